The van der Waals surface area contributed by atoms with Crippen LogP contribution in [-0.4, -0.2) is 70.9 Å². The number of halogens is 1. The van der Waals surface area contributed by atoms with E-state index in [2.05, 4.69) is 15.3 Å². The van der Waals surface area contributed by atoms with Crippen LogP contribution in [-0.2, 0) is 9.53 Å². The molecule has 1 saturated heterocycles. The van der Waals surface area contributed by atoms with Gasteiger partial charge in [-0.15, -0.1) is 0 Å². The summed E-state index contributed by atoms with van der Waals surface area (Å²) in [4.78, 5) is 14.4. The number of benzene rings is 2. The Labute approximate surface area is 213 Å². The van der Waals surface area contributed by atoms with Crippen molar-refractivity contribution in [2.45, 2.75) is 26.1 Å². The zero-order valence-electron chi connectivity index (χ0n) is 19.6. The van der Waals surface area contributed by atoms with E-state index in [9.17, 15) is 4.79 Å². The number of nitrogens with zero attached hydrogens (tertiary/aromatic N) is 4. The van der Waals surface area contributed by atoms with Gasteiger partial charge in [-0.1, -0.05) is 23.7 Å². The molecule has 1 aliphatic rings. The van der Waals surface area contributed by atoms with Crippen LogP contribution in [0.1, 0.15) is 19.4 Å². The number of aromatic amines is 1. The molecule has 1 amide bonds. The number of aromatic nitrogens is 3. The molecule has 2 aromatic carbocycles. The molecule has 2 unspecified atom stereocenters. The minimum absolute atomic E-state index is 0.00188. The van der Waals surface area contributed by atoms with Crippen LogP contribution in [0.3, 0.4) is 0 Å². The summed E-state index contributed by atoms with van der Waals surface area (Å²) in [5.41, 5.74) is 1.44. The van der Waals surface area contributed by atoms with Gasteiger partial charge in [-0.3, -0.25) is 4.79 Å². The summed E-state index contributed by atoms with van der Waals surface area (Å²) >= 11 is 11.6. The third kappa shape index (κ3) is 5.90. The number of carbonyl (C=O) groups is 1. The van der Waals surface area contributed by atoms with Gasteiger partial charge in [0.25, 0.3) is 5.91 Å². The van der Waals surface area contributed by atoms with Crippen LogP contribution < -0.4 is 9.47 Å². The van der Waals surface area contributed by atoms with Crippen molar-refractivity contribution >= 4 is 35.9 Å². The number of morpholine rings is 1. The maximum atomic E-state index is 12.6. The molecule has 2 heterocycles. The Bertz CT molecular complexity index is 1280. The largest absolute Gasteiger partial charge is 0.493 e. The maximum absolute atomic E-state index is 12.6. The van der Waals surface area contributed by atoms with Crippen LogP contribution in [0.4, 0.5) is 0 Å². The van der Waals surface area contributed by atoms with E-state index < -0.39 is 0 Å². The van der Waals surface area contributed by atoms with Gasteiger partial charge in [0.05, 0.1) is 30.6 Å². The van der Waals surface area contributed by atoms with Gasteiger partial charge in [0.2, 0.25) is 4.77 Å². The third-order valence-corrected chi connectivity index (χ3v) is 5.99. The van der Waals surface area contributed by atoms with Crippen molar-refractivity contribution in [3.63, 3.8) is 0 Å². The Kier molecular flexibility index (Phi) is 7.84. The normalized spacial score (nSPS) is 18.1. The first-order valence-corrected chi connectivity index (χ1v) is 11.8. The average molecular weight is 516 g/mol. The van der Waals surface area contributed by atoms with Crippen LogP contribution in [0.15, 0.2) is 47.6 Å². The molecule has 11 heteroatoms. The number of hydrogen-bond acceptors (Lipinski definition) is 7. The predicted molar refractivity (Wildman–Crippen MR) is 136 cm³/mol. The fourth-order valence-electron chi connectivity index (χ4n) is 3.84. The van der Waals surface area contributed by atoms with Crippen molar-refractivity contribution in [1.29, 1.82) is 0 Å². The smallest absolute Gasteiger partial charge is 0.260 e. The fraction of sp³-hybridized carbons (Fsp3) is 0.333. The molecule has 1 aliphatic heterocycles. The van der Waals surface area contributed by atoms with Gasteiger partial charge in [-0.2, -0.15) is 14.9 Å². The number of amides is 1. The minimum Gasteiger partial charge on any atom is -0.493 e. The third-order valence-electron chi connectivity index (χ3n) is 5.40. The Morgan fingerprint density at radius 1 is 1.26 bits per heavy atom. The molecule has 0 spiro atoms. The highest BCUT2D eigenvalue weighted by molar-refractivity contribution is 7.71. The van der Waals surface area contributed by atoms with Crippen molar-refractivity contribution < 1.29 is 19.0 Å². The number of H-pyrrole nitrogens is 1. The molecule has 1 fully saturated rings. The van der Waals surface area contributed by atoms with E-state index in [4.69, 9.17) is 38.0 Å². The molecule has 1 N–H and O–H groups in total. The highest BCUT2D eigenvalue weighted by Crippen LogP contribution is 2.28. The van der Waals surface area contributed by atoms with Crippen LogP contribution in [0, 0.1) is 4.77 Å². The molecule has 9 nitrogen and oxygen atoms in total. The Balaban J connectivity index is 1.48. The summed E-state index contributed by atoms with van der Waals surface area (Å²) in [5.74, 6) is 1.34. The highest BCUT2D eigenvalue weighted by Gasteiger charge is 2.26. The van der Waals surface area contributed by atoms with Crippen LogP contribution >= 0.6 is 23.8 Å². The average Bonchev–Trinajstić information content (AvgIpc) is 3.21. The predicted octanol–water partition coefficient (Wildman–Crippen LogP) is 4.17. The quantitative estimate of drug-likeness (QED) is 0.375. The van der Waals surface area contributed by atoms with E-state index in [1.165, 1.54) is 11.8 Å². The molecule has 2 atom stereocenters. The summed E-state index contributed by atoms with van der Waals surface area (Å²) in [7, 11) is 1.54. The number of rotatable bonds is 7. The standard InChI is InChI=1S/C24H26ClN5O4S/c1-15-12-29(13-16(2)34-15)22(31)14-33-20-9-8-17(10-21(20)32-3)11-26-30-23(27-28-24(30)35)18-6-4-5-7-19(18)25/h4-11,15-16H,12-14H2,1-3H3,(H,28,35). The second-order valence-electron chi connectivity index (χ2n) is 8.14. The van der Waals surface area contributed by atoms with E-state index in [1.54, 1.807) is 29.3 Å². The second kappa shape index (κ2) is 11.0. The molecule has 35 heavy (non-hydrogen) atoms. The van der Waals surface area contributed by atoms with E-state index in [1.807, 2.05) is 38.1 Å². The number of nitrogens with one attached hydrogen (secondary N) is 1. The molecule has 3 aromatic rings. The van der Waals surface area contributed by atoms with Crippen LogP contribution in [0.2, 0.25) is 5.02 Å². The zero-order chi connectivity index (χ0) is 24.9. The first kappa shape index (κ1) is 24.9. The van der Waals surface area contributed by atoms with Crippen molar-refractivity contribution in [3.8, 4) is 22.9 Å². The lowest BCUT2D eigenvalue weighted by Crippen LogP contribution is -2.49. The van der Waals surface area contributed by atoms with Crippen molar-refractivity contribution in [2.75, 3.05) is 26.8 Å². The SMILES string of the molecule is COc1cc(C=Nn2c(-c3ccccc3Cl)n[nH]c2=S)ccc1OCC(=O)N1CC(C)OC(C)C1. The van der Waals surface area contributed by atoms with Crippen LogP contribution in [0.25, 0.3) is 11.4 Å². The molecule has 0 radical (unpaired) electrons. The number of carbonyl (C=O) groups excluding carboxylic acids is 1. The lowest BCUT2D eigenvalue weighted by molar-refractivity contribution is -0.145. The first-order valence-electron chi connectivity index (χ1n) is 11.1. The summed E-state index contributed by atoms with van der Waals surface area (Å²) in [6, 6.07) is 12.6. The minimum atomic E-state index is -0.0962. The lowest BCUT2D eigenvalue weighted by atomic mass is 10.2. The van der Waals surface area contributed by atoms with Gasteiger partial charge in [-0.05, 0) is 62.0 Å². The van der Waals surface area contributed by atoms with E-state index in [0.29, 0.717) is 45.8 Å². The second-order valence-corrected chi connectivity index (χ2v) is 8.94. The van der Waals surface area contributed by atoms with Gasteiger partial charge >= 0.3 is 0 Å². The summed E-state index contributed by atoms with van der Waals surface area (Å²) in [6.07, 6.45) is 1.62. The van der Waals surface area contributed by atoms with Gasteiger partial charge in [0.15, 0.2) is 23.9 Å². The number of ether oxygens (including phenoxy) is 3. The summed E-state index contributed by atoms with van der Waals surface area (Å²) in [5, 5.41) is 12.0. The summed E-state index contributed by atoms with van der Waals surface area (Å²) < 4.78 is 18.8. The molecule has 1 aromatic heterocycles. The fourth-order valence-corrected chi connectivity index (χ4v) is 4.24. The van der Waals surface area contributed by atoms with Crippen molar-refractivity contribution in [3.05, 3.63) is 57.8 Å². The van der Waals surface area contributed by atoms with E-state index in [0.717, 1.165) is 5.56 Å². The molecule has 4 rings (SSSR count). The Morgan fingerprint density at radius 2 is 2.00 bits per heavy atom. The van der Waals surface area contributed by atoms with E-state index in [-0.39, 0.29) is 24.7 Å². The Hall–Kier alpha value is -3.21. The number of hydrogen-bond donors (Lipinski definition) is 1. The zero-order valence-corrected chi connectivity index (χ0v) is 21.2. The topological polar surface area (TPSA) is 94.0 Å². The molecule has 0 saturated carbocycles. The van der Waals surface area contributed by atoms with Gasteiger partial charge in [0.1, 0.15) is 0 Å². The Morgan fingerprint density at radius 3 is 2.71 bits per heavy atom. The van der Waals surface area contributed by atoms with Gasteiger partial charge in [-0.25, -0.2) is 5.10 Å². The highest BCUT2D eigenvalue weighted by atomic mass is 35.5. The summed E-state index contributed by atoms with van der Waals surface area (Å²) in [6.45, 7) is 4.91. The molecular weight excluding hydrogens is 490 g/mol. The van der Waals surface area contributed by atoms with Crippen molar-refractivity contribution in [2.24, 2.45) is 5.10 Å². The molecule has 0 aliphatic carbocycles. The van der Waals surface area contributed by atoms with Crippen LogP contribution in [0.5, 0.6) is 11.5 Å². The maximum Gasteiger partial charge on any atom is 0.260 e. The van der Waals surface area contributed by atoms with Gasteiger partial charge in [0, 0.05) is 18.7 Å². The monoisotopic (exact) mass is 515 g/mol. The molecule has 184 valence electrons. The molecule has 0 bridgehead atoms. The van der Waals surface area contributed by atoms with Crippen molar-refractivity contribution in [1.82, 2.24) is 19.8 Å². The molecular formula is C24H26ClN5O4S. The lowest BCUT2D eigenvalue weighted by Gasteiger charge is -2.35. The van der Waals surface area contributed by atoms with Gasteiger partial charge < -0.3 is 19.1 Å². The number of methoxy groups -OCH3 is 1. The first-order chi connectivity index (χ1) is 16.9. The van der Waals surface area contributed by atoms with E-state index >= 15 is 0 Å².